The normalized spacial score (nSPS) is 23.1. The molecule has 0 aliphatic carbocycles. The van der Waals surface area contributed by atoms with Crippen LogP contribution in [0.25, 0.3) is 5.57 Å². The topological polar surface area (TPSA) is 150 Å². The van der Waals surface area contributed by atoms with E-state index in [1.165, 1.54) is 17.5 Å². The summed E-state index contributed by atoms with van der Waals surface area (Å²) in [5.41, 5.74) is 17.8. The zero-order chi connectivity index (χ0) is 32.3. The highest BCUT2D eigenvalue weighted by Gasteiger charge is 2.51. The highest BCUT2D eigenvalue weighted by atomic mass is 16.5. The van der Waals surface area contributed by atoms with Gasteiger partial charge in [-0.3, -0.25) is 19.6 Å². The lowest BCUT2D eigenvalue weighted by Crippen LogP contribution is -2.39. The minimum absolute atomic E-state index is 0.0796. The summed E-state index contributed by atoms with van der Waals surface area (Å²) in [6, 6.07) is 11.8. The van der Waals surface area contributed by atoms with Crippen LogP contribution in [0.4, 0.5) is 11.5 Å². The van der Waals surface area contributed by atoms with Gasteiger partial charge < -0.3 is 26.5 Å². The molecule has 1 aromatic carbocycles. The first kappa shape index (κ1) is 31.6. The number of benzene rings is 1. The average molecular weight is 624 g/mol. The molecule has 1 aromatic heterocycles. The Hall–Kier alpha value is -4.35. The lowest BCUT2D eigenvalue weighted by atomic mass is 9.85. The fourth-order valence-corrected chi connectivity index (χ4v) is 7.14. The molecular formula is C35H45N9O2. The molecule has 4 aliphatic heterocycles. The molecule has 3 saturated heterocycles. The third-order valence-electron chi connectivity index (χ3n) is 9.94. The van der Waals surface area contributed by atoms with Crippen molar-refractivity contribution >= 4 is 40.9 Å². The number of anilines is 2. The third-order valence-corrected chi connectivity index (χ3v) is 9.94. The standard InChI is InChI=1S/C35H45N9O2/c1-24(43-15-9-26(10-16-43)25-3-5-28(6-4-25)33(38)40-23-39-2)21-42-17-13-35(22-42)14-18-44(34(35)45)30-8-7-29(36)32(41-30)31(37)27-11-19-46-20-12-27/h3-9,23,27,37H,1,10-22,36H2,2H3,(H2,38,39,40)/t35-/m0/s1. The molecule has 242 valence electrons. The number of nitrogens with zero attached hydrogens (tertiary/aromatic N) is 6. The van der Waals surface area contributed by atoms with Gasteiger partial charge in [-0.25, -0.2) is 9.98 Å². The zero-order valence-electron chi connectivity index (χ0n) is 26.8. The zero-order valence-corrected chi connectivity index (χ0v) is 26.8. The van der Waals surface area contributed by atoms with E-state index in [1.807, 2.05) is 23.1 Å². The molecule has 11 heteroatoms. The number of nitrogens with two attached hydrogens (primary N) is 2. The summed E-state index contributed by atoms with van der Waals surface area (Å²) in [4.78, 5) is 33.2. The van der Waals surface area contributed by atoms with Crippen molar-refractivity contribution < 1.29 is 9.53 Å². The third kappa shape index (κ3) is 6.47. The molecule has 5 N–H and O–H groups in total. The summed E-state index contributed by atoms with van der Waals surface area (Å²) in [7, 11) is 1.67. The van der Waals surface area contributed by atoms with Crippen LogP contribution in [0.3, 0.4) is 0 Å². The first-order valence-corrected chi connectivity index (χ1v) is 16.2. The second kappa shape index (κ2) is 13.6. The second-order valence-corrected chi connectivity index (χ2v) is 12.8. The molecule has 1 atom stereocenters. The molecule has 3 fully saturated rings. The number of amides is 1. The van der Waals surface area contributed by atoms with E-state index in [0.29, 0.717) is 48.5 Å². The van der Waals surface area contributed by atoms with Crippen LogP contribution >= 0.6 is 0 Å². The Labute approximate surface area is 271 Å². The van der Waals surface area contributed by atoms with Crippen LogP contribution < -0.4 is 16.4 Å². The molecule has 4 aliphatic rings. The van der Waals surface area contributed by atoms with Crippen LogP contribution in [-0.4, -0.2) is 98.1 Å². The van der Waals surface area contributed by atoms with Crippen LogP contribution in [0.2, 0.25) is 0 Å². The Morgan fingerprint density at radius 2 is 1.91 bits per heavy atom. The summed E-state index contributed by atoms with van der Waals surface area (Å²) in [5, 5.41) is 8.78. The number of aromatic nitrogens is 1. The predicted octanol–water partition coefficient (Wildman–Crippen LogP) is 3.55. The number of carbonyl (C=O) groups excluding carboxylic acids is 1. The first-order valence-electron chi connectivity index (χ1n) is 16.2. The lowest BCUT2D eigenvalue weighted by molar-refractivity contribution is -0.125. The van der Waals surface area contributed by atoms with Gasteiger partial charge in [-0.15, -0.1) is 0 Å². The van der Waals surface area contributed by atoms with E-state index in [0.717, 1.165) is 76.1 Å². The van der Waals surface area contributed by atoms with Crippen LogP contribution in [0, 0.1) is 16.7 Å². The fourth-order valence-electron chi connectivity index (χ4n) is 7.14. The molecule has 6 rings (SSSR count). The van der Waals surface area contributed by atoms with E-state index < -0.39 is 5.41 Å². The number of aliphatic imine (C=N–C) groups is 2. The van der Waals surface area contributed by atoms with Gasteiger partial charge in [0.2, 0.25) is 5.91 Å². The van der Waals surface area contributed by atoms with Crippen LogP contribution in [-0.2, 0) is 9.53 Å². The number of pyridine rings is 1. The van der Waals surface area contributed by atoms with Crippen LogP contribution in [0.15, 0.2) is 64.7 Å². The van der Waals surface area contributed by atoms with Crippen molar-refractivity contribution in [2.45, 2.75) is 32.1 Å². The van der Waals surface area contributed by atoms with Gasteiger partial charge in [0.1, 0.15) is 23.7 Å². The minimum Gasteiger partial charge on any atom is -0.397 e. The lowest BCUT2D eigenvalue weighted by Gasteiger charge is -2.32. The number of hydrogen-bond donors (Lipinski definition) is 3. The summed E-state index contributed by atoms with van der Waals surface area (Å²) < 4.78 is 5.47. The van der Waals surface area contributed by atoms with Gasteiger partial charge >= 0.3 is 0 Å². The van der Waals surface area contributed by atoms with Gasteiger partial charge in [0.05, 0.1) is 16.8 Å². The summed E-state index contributed by atoms with van der Waals surface area (Å²) in [6.07, 6.45) is 7.88. The molecule has 0 bridgehead atoms. The molecule has 2 aromatic rings. The van der Waals surface area contributed by atoms with Crippen molar-refractivity contribution in [3.63, 3.8) is 0 Å². The smallest absolute Gasteiger partial charge is 0.235 e. The Bertz CT molecular complexity index is 1570. The van der Waals surface area contributed by atoms with E-state index in [9.17, 15) is 4.79 Å². The first-order chi connectivity index (χ1) is 22.3. The van der Waals surface area contributed by atoms with Gasteiger partial charge in [-0.2, -0.15) is 0 Å². The number of rotatable bonds is 9. The van der Waals surface area contributed by atoms with Crippen molar-refractivity contribution in [3.8, 4) is 0 Å². The Morgan fingerprint density at radius 1 is 1.15 bits per heavy atom. The van der Waals surface area contributed by atoms with Crippen molar-refractivity contribution in [3.05, 3.63) is 71.6 Å². The Kier molecular flexibility index (Phi) is 9.32. The minimum atomic E-state index is -0.406. The largest absolute Gasteiger partial charge is 0.397 e. The molecule has 1 spiro atoms. The quantitative estimate of drug-likeness (QED) is 0.286. The van der Waals surface area contributed by atoms with Crippen LogP contribution in [0.5, 0.6) is 0 Å². The van der Waals surface area contributed by atoms with Crippen molar-refractivity contribution in [2.75, 3.05) is 70.2 Å². The Balaban J connectivity index is 1.04. The average Bonchev–Trinajstić information content (AvgIpc) is 3.65. The number of nitrogen functional groups attached to an aromatic ring is 1. The van der Waals surface area contributed by atoms with Crippen molar-refractivity contribution in [2.24, 2.45) is 27.1 Å². The van der Waals surface area contributed by atoms with E-state index in [2.05, 4.69) is 44.6 Å². The number of carbonyl (C=O) groups is 1. The Morgan fingerprint density at radius 3 is 2.63 bits per heavy atom. The summed E-state index contributed by atoms with van der Waals surface area (Å²) in [6.45, 7) is 10.4. The molecule has 0 unspecified atom stereocenters. The predicted molar refractivity (Wildman–Crippen MR) is 184 cm³/mol. The molecule has 5 heterocycles. The molecule has 0 saturated carbocycles. The molecule has 11 nitrogen and oxygen atoms in total. The fraction of sp³-hybridized carbons (Fsp3) is 0.457. The van der Waals surface area contributed by atoms with Gasteiger partial charge in [-0.05, 0) is 61.9 Å². The second-order valence-electron chi connectivity index (χ2n) is 12.8. The number of likely N-dealkylation sites (tertiary alicyclic amines) is 1. The van der Waals surface area contributed by atoms with Crippen molar-refractivity contribution in [1.82, 2.24) is 14.8 Å². The highest BCUT2D eigenvalue weighted by Crippen LogP contribution is 2.42. The van der Waals surface area contributed by atoms with E-state index >= 15 is 0 Å². The van der Waals surface area contributed by atoms with Gasteiger partial charge in [0.15, 0.2) is 0 Å². The van der Waals surface area contributed by atoms with E-state index in [4.69, 9.17) is 26.6 Å². The van der Waals surface area contributed by atoms with Gasteiger partial charge in [0, 0.05) is 70.2 Å². The summed E-state index contributed by atoms with van der Waals surface area (Å²) in [5.74, 6) is 1.26. The number of amidine groups is 1. The van der Waals surface area contributed by atoms with Gasteiger partial charge in [-0.1, -0.05) is 36.9 Å². The molecular weight excluding hydrogens is 578 g/mol. The summed E-state index contributed by atoms with van der Waals surface area (Å²) >= 11 is 0. The maximum Gasteiger partial charge on any atom is 0.235 e. The monoisotopic (exact) mass is 623 g/mol. The van der Waals surface area contributed by atoms with E-state index in [-0.39, 0.29) is 11.8 Å². The number of nitrogens with one attached hydrogen (secondary N) is 1. The number of ether oxygens (including phenoxy) is 1. The molecule has 0 radical (unpaired) electrons. The maximum atomic E-state index is 13.9. The number of hydrogen-bond acceptors (Lipinski definition) is 8. The maximum absolute atomic E-state index is 13.9. The van der Waals surface area contributed by atoms with E-state index in [1.54, 1.807) is 13.1 Å². The molecule has 1 amide bonds. The molecule has 46 heavy (non-hydrogen) atoms. The highest BCUT2D eigenvalue weighted by molar-refractivity contribution is 6.04. The van der Waals surface area contributed by atoms with Crippen LogP contribution in [0.1, 0.15) is 48.9 Å². The van der Waals surface area contributed by atoms with Gasteiger partial charge in [0.25, 0.3) is 0 Å². The van der Waals surface area contributed by atoms with Crippen molar-refractivity contribution in [1.29, 1.82) is 5.41 Å². The SMILES string of the molecule is C=C(CN1CC[C@]2(CCN(c3ccc(N)c(C(=N)C4CCOCC4)n3)C2=O)C1)N1CC=C(c2ccc(C(N)=NC=NC)cc2)CC1.